The number of nitrogens with one attached hydrogen (secondary N) is 1. The average molecular weight is 166 g/mol. The molecule has 0 aromatic rings. The fourth-order valence-electron chi connectivity index (χ4n) is 0.753. The summed E-state index contributed by atoms with van der Waals surface area (Å²) in [5.74, 6) is -0.0593. The third-order valence-electron chi connectivity index (χ3n) is 1.20. The molecule has 12 heavy (non-hydrogen) atoms. The lowest BCUT2D eigenvalue weighted by molar-refractivity contribution is -0.117. The van der Waals surface area contributed by atoms with Gasteiger partial charge in [-0.15, -0.1) is 0 Å². The zero-order valence-electron chi connectivity index (χ0n) is 7.72. The summed E-state index contributed by atoms with van der Waals surface area (Å²) >= 11 is 0. The van der Waals surface area contributed by atoms with E-state index >= 15 is 0 Å². The summed E-state index contributed by atoms with van der Waals surface area (Å²) in [5.41, 5.74) is 0.201. The molecule has 0 aromatic carbocycles. The fraction of sp³-hybridized carbons (Fsp3) is 0.556. The highest BCUT2D eigenvalue weighted by Crippen LogP contribution is 2.00. The monoisotopic (exact) mass is 166 g/mol. The standard InChI is InChI=1S/C9H14N2O/c1-4-11-9(12)8(6-10)5-7(2)3/h5,7H,4H2,1-3H3,(H,11,12)/b8-5-. The molecule has 0 heterocycles. The number of likely N-dealkylation sites (N-methyl/N-ethyl adjacent to an activating group) is 1. The van der Waals surface area contributed by atoms with Crippen LogP contribution in [0.15, 0.2) is 11.6 Å². The molecule has 1 N–H and O–H groups in total. The molecule has 0 aliphatic rings. The van der Waals surface area contributed by atoms with Crippen molar-refractivity contribution in [3.63, 3.8) is 0 Å². The predicted molar refractivity (Wildman–Crippen MR) is 47.2 cm³/mol. The number of hydrogen-bond acceptors (Lipinski definition) is 2. The zero-order chi connectivity index (χ0) is 9.56. The number of carbonyl (C=O) groups excluding carboxylic acids is 1. The van der Waals surface area contributed by atoms with E-state index in [-0.39, 0.29) is 17.4 Å². The molecule has 0 atom stereocenters. The van der Waals surface area contributed by atoms with Crippen LogP contribution in [0.4, 0.5) is 0 Å². The van der Waals surface area contributed by atoms with Crippen molar-refractivity contribution in [1.82, 2.24) is 5.32 Å². The van der Waals surface area contributed by atoms with Crippen LogP contribution in [0.25, 0.3) is 0 Å². The Kier molecular flexibility index (Phi) is 4.78. The molecule has 0 rings (SSSR count). The Morgan fingerprint density at radius 1 is 1.67 bits per heavy atom. The molecule has 0 aliphatic heterocycles. The number of nitrogens with zero attached hydrogens (tertiary/aromatic N) is 1. The minimum absolute atomic E-state index is 0.201. The van der Waals surface area contributed by atoms with Gasteiger partial charge in [-0.3, -0.25) is 4.79 Å². The second-order valence-electron chi connectivity index (χ2n) is 2.80. The van der Waals surface area contributed by atoms with Gasteiger partial charge in [0, 0.05) is 6.54 Å². The van der Waals surface area contributed by atoms with Gasteiger partial charge in [-0.2, -0.15) is 5.26 Å². The van der Waals surface area contributed by atoms with Crippen LogP contribution in [0.1, 0.15) is 20.8 Å². The molecular weight excluding hydrogens is 152 g/mol. The van der Waals surface area contributed by atoms with Crippen molar-refractivity contribution < 1.29 is 4.79 Å². The van der Waals surface area contributed by atoms with Crippen molar-refractivity contribution in [2.45, 2.75) is 20.8 Å². The molecule has 0 fully saturated rings. The molecule has 1 amide bonds. The minimum Gasteiger partial charge on any atom is -0.352 e. The molecule has 0 aliphatic carbocycles. The van der Waals surface area contributed by atoms with Gasteiger partial charge < -0.3 is 5.32 Å². The number of carbonyl (C=O) groups is 1. The lowest BCUT2D eigenvalue weighted by atomic mass is 10.1. The van der Waals surface area contributed by atoms with E-state index in [0.29, 0.717) is 6.54 Å². The van der Waals surface area contributed by atoms with Gasteiger partial charge >= 0.3 is 0 Å². The number of hydrogen-bond donors (Lipinski definition) is 1. The second-order valence-corrected chi connectivity index (χ2v) is 2.80. The summed E-state index contributed by atoms with van der Waals surface area (Å²) in [4.78, 5) is 11.1. The van der Waals surface area contributed by atoms with E-state index < -0.39 is 0 Å². The molecular formula is C9H14N2O. The Bertz CT molecular complexity index is 223. The Hall–Kier alpha value is -1.30. The molecule has 66 valence electrons. The highest BCUT2D eigenvalue weighted by molar-refractivity contribution is 5.97. The van der Waals surface area contributed by atoms with Crippen LogP contribution in [0, 0.1) is 17.2 Å². The first kappa shape index (κ1) is 10.7. The van der Waals surface area contributed by atoms with E-state index in [0.717, 1.165) is 0 Å². The lowest BCUT2D eigenvalue weighted by Crippen LogP contribution is -2.24. The van der Waals surface area contributed by atoms with Crippen LogP contribution in [0.3, 0.4) is 0 Å². The first-order valence-corrected chi connectivity index (χ1v) is 4.02. The highest BCUT2D eigenvalue weighted by Gasteiger charge is 2.06. The van der Waals surface area contributed by atoms with Crippen molar-refractivity contribution in [1.29, 1.82) is 5.26 Å². The maximum atomic E-state index is 11.1. The van der Waals surface area contributed by atoms with Gasteiger partial charge in [0.1, 0.15) is 11.6 Å². The second kappa shape index (κ2) is 5.36. The molecule has 0 radical (unpaired) electrons. The largest absolute Gasteiger partial charge is 0.352 e. The molecule has 0 bridgehead atoms. The average Bonchev–Trinajstić information content (AvgIpc) is 2.00. The summed E-state index contributed by atoms with van der Waals surface area (Å²) < 4.78 is 0. The zero-order valence-corrected chi connectivity index (χ0v) is 7.72. The van der Waals surface area contributed by atoms with E-state index in [1.165, 1.54) is 0 Å². The first-order valence-electron chi connectivity index (χ1n) is 4.02. The minimum atomic E-state index is -0.284. The van der Waals surface area contributed by atoms with E-state index in [1.807, 2.05) is 26.8 Å². The van der Waals surface area contributed by atoms with Crippen molar-refractivity contribution >= 4 is 5.91 Å². The van der Waals surface area contributed by atoms with Gasteiger partial charge in [0.25, 0.3) is 5.91 Å². The van der Waals surface area contributed by atoms with Crippen LogP contribution in [-0.2, 0) is 4.79 Å². The third kappa shape index (κ3) is 3.77. The fourth-order valence-corrected chi connectivity index (χ4v) is 0.753. The van der Waals surface area contributed by atoms with Crippen LogP contribution < -0.4 is 5.32 Å². The van der Waals surface area contributed by atoms with Crippen LogP contribution in [-0.4, -0.2) is 12.5 Å². The smallest absolute Gasteiger partial charge is 0.261 e. The van der Waals surface area contributed by atoms with E-state index in [2.05, 4.69) is 5.32 Å². The SMILES string of the molecule is CCNC(=O)/C(C#N)=C\C(C)C. The lowest BCUT2D eigenvalue weighted by Gasteiger charge is -2.00. The molecule has 0 unspecified atom stereocenters. The Balaban J connectivity index is 4.37. The van der Waals surface area contributed by atoms with Gasteiger partial charge in [-0.1, -0.05) is 19.9 Å². The molecule has 3 heteroatoms. The number of amides is 1. The summed E-state index contributed by atoms with van der Waals surface area (Å²) in [7, 11) is 0. The quantitative estimate of drug-likeness (QED) is 0.506. The molecule has 0 saturated heterocycles. The van der Waals surface area contributed by atoms with E-state index in [4.69, 9.17) is 5.26 Å². The van der Waals surface area contributed by atoms with Gasteiger partial charge in [0.2, 0.25) is 0 Å². The Morgan fingerprint density at radius 3 is 2.58 bits per heavy atom. The third-order valence-corrected chi connectivity index (χ3v) is 1.20. The summed E-state index contributed by atoms with van der Waals surface area (Å²) in [6.45, 7) is 6.23. The van der Waals surface area contributed by atoms with Crippen molar-refractivity contribution in [2.75, 3.05) is 6.54 Å². The van der Waals surface area contributed by atoms with Crippen molar-refractivity contribution in [3.8, 4) is 6.07 Å². The first-order chi connectivity index (χ1) is 5.61. The normalized spacial score (nSPS) is 11.1. The summed E-state index contributed by atoms with van der Waals surface area (Å²) in [6, 6.07) is 1.87. The summed E-state index contributed by atoms with van der Waals surface area (Å²) in [5, 5.41) is 11.2. The maximum Gasteiger partial charge on any atom is 0.261 e. The Morgan fingerprint density at radius 2 is 2.25 bits per heavy atom. The Labute approximate surface area is 73.1 Å². The van der Waals surface area contributed by atoms with Gasteiger partial charge in [0.05, 0.1) is 0 Å². The van der Waals surface area contributed by atoms with E-state index in [9.17, 15) is 4.79 Å². The van der Waals surface area contributed by atoms with Crippen LogP contribution >= 0.6 is 0 Å². The van der Waals surface area contributed by atoms with Gasteiger partial charge in [-0.05, 0) is 12.8 Å². The predicted octanol–water partition coefficient (Wildman–Crippen LogP) is 1.23. The number of rotatable bonds is 3. The van der Waals surface area contributed by atoms with Crippen molar-refractivity contribution in [2.24, 2.45) is 5.92 Å². The van der Waals surface area contributed by atoms with Crippen LogP contribution in [0.5, 0.6) is 0 Å². The maximum absolute atomic E-state index is 11.1. The molecule has 0 spiro atoms. The van der Waals surface area contributed by atoms with Gasteiger partial charge in [0.15, 0.2) is 0 Å². The van der Waals surface area contributed by atoms with Crippen molar-refractivity contribution in [3.05, 3.63) is 11.6 Å². The van der Waals surface area contributed by atoms with Gasteiger partial charge in [-0.25, -0.2) is 0 Å². The highest BCUT2D eigenvalue weighted by atomic mass is 16.1. The molecule has 0 aromatic heterocycles. The summed E-state index contributed by atoms with van der Waals surface area (Å²) in [6.07, 6.45) is 1.66. The molecule has 0 saturated carbocycles. The number of allylic oxidation sites excluding steroid dienone is 1. The topological polar surface area (TPSA) is 52.9 Å². The number of nitriles is 1. The van der Waals surface area contributed by atoms with Crippen LogP contribution in [0.2, 0.25) is 0 Å². The molecule has 3 nitrogen and oxygen atoms in total. The van der Waals surface area contributed by atoms with E-state index in [1.54, 1.807) is 6.08 Å².